The Hall–Kier alpha value is -2.49. The number of pyridine rings is 1. The maximum Gasteiger partial charge on any atom is 0.344 e. The zero-order chi connectivity index (χ0) is 18.7. The van der Waals surface area contributed by atoms with Gasteiger partial charge in [0.15, 0.2) is 6.61 Å². The van der Waals surface area contributed by atoms with Gasteiger partial charge in [-0.3, -0.25) is 20.0 Å². The van der Waals surface area contributed by atoms with Gasteiger partial charge in [-0.05, 0) is 34.8 Å². The van der Waals surface area contributed by atoms with Gasteiger partial charge < -0.3 is 10.1 Å². The number of carbonyl (C=O) groups excluding carboxylic acids is 4. The third kappa shape index (κ3) is 3.69. The molecule has 26 heavy (non-hydrogen) atoms. The van der Waals surface area contributed by atoms with Gasteiger partial charge in [0.2, 0.25) is 0 Å². The predicted octanol–water partition coefficient (Wildman–Crippen LogP) is 1.29. The van der Waals surface area contributed by atoms with Crippen LogP contribution in [-0.4, -0.2) is 46.0 Å². The van der Waals surface area contributed by atoms with E-state index in [1.54, 1.807) is 0 Å². The molecule has 2 heterocycles. The molecule has 2 aliphatic rings. The molecule has 0 unspecified atom stereocenters. The summed E-state index contributed by atoms with van der Waals surface area (Å²) in [6, 6.07) is 0.824. The fourth-order valence-electron chi connectivity index (χ4n) is 3.11. The second-order valence-corrected chi connectivity index (χ2v) is 7.13. The number of carbonyl (C=O) groups is 4. The van der Waals surface area contributed by atoms with E-state index in [0.717, 1.165) is 19.3 Å². The Morgan fingerprint density at radius 1 is 1.27 bits per heavy atom. The minimum absolute atomic E-state index is 0.170. The number of urea groups is 1. The lowest BCUT2D eigenvalue weighted by atomic mass is 9.82. The van der Waals surface area contributed by atoms with Crippen LogP contribution >= 0.6 is 15.9 Å². The van der Waals surface area contributed by atoms with Gasteiger partial charge in [-0.1, -0.05) is 19.3 Å². The highest BCUT2D eigenvalue weighted by Gasteiger charge is 2.52. The van der Waals surface area contributed by atoms with Crippen molar-refractivity contribution in [2.45, 2.75) is 37.6 Å². The highest BCUT2D eigenvalue weighted by atomic mass is 79.9. The molecule has 1 saturated carbocycles. The second kappa shape index (κ2) is 7.40. The minimum atomic E-state index is -0.929. The molecule has 10 heteroatoms. The van der Waals surface area contributed by atoms with E-state index in [0.29, 0.717) is 22.3 Å². The van der Waals surface area contributed by atoms with Crippen LogP contribution in [0.4, 0.5) is 4.79 Å². The quantitative estimate of drug-likeness (QED) is 0.555. The summed E-state index contributed by atoms with van der Waals surface area (Å²) < 4.78 is 5.47. The summed E-state index contributed by atoms with van der Waals surface area (Å²) in [5.41, 5.74) is 1.44. The van der Waals surface area contributed by atoms with Crippen molar-refractivity contribution in [2.24, 2.45) is 0 Å². The molecular formula is C16H17BrN4O5. The molecule has 0 radical (unpaired) electrons. The Morgan fingerprint density at radius 3 is 2.69 bits per heavy atom. The Balaban J connectivity index is 1.55. The Bertz CT molecular complexity index is 763. The zero-order valence-electron chi connectivity index (χ0n) is 13.8. The number of hydrogen-bond acceptors (Lipinski definition) is 6. The number of nitrogens with one attached hydrogen (secondary N) is 2. The molecule has 2 fully saturated rings. The van der Waals surface area contributed by atoms with Gasteiger partial charge in [-0.25, -0.2) is 9.59 Å². The summed E-state index contributed by atoms with van der Waals surface area (Å²) in [6.07, 6.45) is 6.59. The van der Waals surface area contributed by atoms with E-state index < -0.39 is 36.0 Å². The number of amides is 4. The summed E-state index contributed by atoms with van der Waals surface area (Å²) in [6.45, 7) is -0.630. The van der Waals surface area contributed by atoms with Crippen molar-refractivity contribution in [3.63, 3.8) is 0 Å². The SMILES string of the molecule is O=C(COC(=O)c1cncc(Br)c1)NN1C(=O)NC2(CCCCC2)C1=O. The first kappa shape index (κ1) is 18.3. The van der Waals surface area contributed by atoms with E-state index in [1.807, 2.05) is 0 Å². The number of hydrazine groups is 1. The fraction of sp³-hybridized carbons (Fsp3) is 0.438. The minimum Gasteiger partial charge on any atom is -0.452 e. The summed E-state index contributed by atoms with van der Waals surface area (Å²) in [7, 11) is 0. The standard InChI is InChI=1S/C16H17BrN4O5/c17-11-6-10(7-18-8-11)13(23)26-9-12(22)20-21-14(24)16(19-15(21)25)4-2-1-3-5-16/h6-8H,1-5,9H2,(H,19,25)(H,20,22). The lowest BCUT2D eigenvalue weighted by Crippen LogP contribution is -2.51. The van der Waals surface area contributed by atoms with E-state index in [1.165, 1.54) is 18.5 Å². The number of rotatable bonds is 4. The molecule has 9 nitrogen and oxygen atoms in total. The molecule has 0 atom stereocenters. The van der Waals surface area contributed by atoms with Crippen molar-refractivity contribution in [1.29, 1.82) is 0 Å². The molecule has 1 saturated heterocycles. The normalized spacial score (nSPS) is 18.6. The molecule has 138 valence electrons. The topological polar surface area (TPSA) is 118 Å². The van der Waals surface area contributed by atoms with Gasteiger partial charge in [-0.15, -0.1) is 0 Å². The molecule has 2 N–H and O–H groups in total. The molecule has 1 spiro atoms. The van der Waals surface area contributed by atoms with E-state index in [-0.39, 0.29) is 5.56 Å². The van der Waals surface area contributed by atoms with Crippen LogP contribution in [0.3, 0.4) is 0 Å². The Labute approximate surface area is 157 Å². The largest absolute Gasteiger partial charge is 0.452 e. The first-order chi connectivity index (χ1) is 12.4. The van der Waals surface area contributed by atoms with Gasteiger partial charge in [0, 0.05) is 16.9 Å². The van der Waals surface area contributed by atoms with Gasteiger partial charge in [0.05, 0.1) is 5.56 Å². The van der Waals surface area contributed by atoms with Crippen LogP contribution in [0, 0.1) is 0 Å². The van der Waals surface area contributed by atoms with Crippen molar-refractivity contribution in [3.8, 4) is 0 Å². The average molecular weight is 425 g/mol. The monoisotopic (exact) mass is 424 g/mol. The van der Waals surface area contributed by atoms with Crippen molar-refractivity contribution < 1.29 is 23.9 Å². The lowest BCUT2D eigenvalue weighted by molar-refractivity contribution is -0.140. The summed E-state index contributed by atoms with van der Waals surface area (Å²) in [5, 5.41) is 3.34. The van der Waals surface area contributed by atoms with Crippen molar-refractivity contribution in [2.75, 3.05) is 6.61 Å². The first-order valence-electron chi connectivity index (χ1n) is 8.15. The molecule has 3 rings (SSSR count). The second-order valence-electron chi connectivity index (χ2n) is 6.22. The average Bonchev–Trinajstić information content (AvgIpc) is 2.84. The number of nitrogens with zero attached hydrogens (tertiary/aromatic N) is 2. The molecular weight excluding hydrogens is 408 g/mol. The summed E-state index contributed by atoms with van der Waals surface area (Å²) in [5.74, 6) is -1.99. The van der Waals surface area contributed by atoms with Crippen LogP contribution in [0.5, 0.6) is 0 Å². The van der Waals surface area contributed by atoms with E-state index >= 15 is 0 Å². The molecule has 1 aromatic rings. The van der Waals surface area contributed by atoms with Crippen LogP contribution in [-0.2, 0) is 14.3 Å². The number of imide groups is 1. The Kier molecular flexibility index (Phi) is 5.21. The van der Waals surface area contributed by atoms with Crippen LogP contribution in [0.15, 0.2) is 22.9 Å². The third-order valence-electron chi connectivity index (χ3n) is 4.38. The molecule has 0 bridgehead atoms. The van der Waals surface area contributed by atoms with Gasteiger partial charge in [0.1, 0.15) is 5.54 Å². The van der Waals surface area contributed by atoms with Crippen LogP contribution < -0.4 is 10.7 Å². The van der Waals surface area contributed by atoms with Crippen molar-refractivity contribution in [1.82, 2.24) is 20.7 Å². The van der Waals surface area contributed by atoms with Crippen LogP contribution in [0.25, 0.3) is 0 Å². The highest BCUT2D eigenvalue weighted by molar-refractivity contribution is 9.10. The molecule has 4 amide bonds. The Morgan fingerprint density at radius 2 is 2.00 bits per heavy atom. The fourth-order valence-corrected chi connectivity index (χ4v) is 3.48. The van der Waals surface area contributed by atoms with Crippen LogP contribution in [0.2, 0.25) is 0 Å². The lowest BCUT2D eigenvalue weighted by Gasteiger charge is -2.30. The number of aromatic nitrogens is 1. The molecule has 1 aliphatic heterocycles. The van der Waals surface area contributed by atoms with Gasteiger partial charge in [0.25, 0.3) is 11.8 Å². The number of hydrogen-bond donors (Lipinski definition) is 2. The molecule has 1 aliphatic carbocycles. The maximum absolute atomic E-state index is 12.5. The highest BCUT2D eigenvalue weighted by Crippen LogP contribution is 2.32. The zero-order valence-corrected chi connectivity index (χ0v) is 15.4. The van der Waals surface area contributed by atoms with Crippen molar-refractivity contribution >= 4 is 39.7 Å². The predicted molar refractivity (Wildman–Crippen MR) is 91.6 cm³/mol. The summed E-state index contributed by atoms with van der Waals surface area (Å²) >= 11 is 3.18. The smallest absolute Gasteiger partial charge is 0.344 e. The van der Waals surface area contributed by atoms with Crippen LogP contribution in [0.1, 0.15) is 42.5 Å². The third-order valence-corrected chi connectivity index (χ3v) is 4.81. The number of ether oxygens (including phenoxy) is 1. The maximum atomic E-state index is 12.5. The van der Waals surface area contributed by atoms with Gasteiger partial charge in [-0.2, -0.15) is 5.01 Å². The van der Waals surface area contributed by atoms with Crippen molar-refractivity contribution in [3.05, 3.63) is 28.5 Å². The van der Waals surface area contributed by atoms with Gasteiger partial charge >= 0.3 is 12.0 Å². The number of halogens is 1. The molecule has 0 aromatic carbocycles. The van der Waals surface area contributed by atoms with E-state index in [9.17, 15) is 19.2 Å². The molecule has 1 aromatic heterocycles. The van der Waals surface area contributed by atoms with E-state index in [2.05, 4.69) is 31.7 Å². The summed E-state index contributed by atoms with van der Waals surface area (Å²) in [4.78, 5) is 52.3. The number of esters is 1. The van der Waals surface area contributed by atoms with E-state index in [4.69, 9.17) is 4.74 Å². The first-order valence-corrected chi connectivity index (χ1v) is 8.94.